The van der Waals surface area contributed by atoms with Gasteiger partial charge in [-0.2, -0.15) is 0 Å². The second-order valence-corrected chi connectivity index (χ2v) is 4.80. The van der Waals surface area contributed by atoms with Gasteiger partial charge >= 0.3 is 5.97 Å². The molecule has 1 aliphatic carbocycles. The molecule has 0 saturated heterocycles. The highest BCUT2D eigenvalue weighted by molar-refractivity contribution is 5.90. The summed E-state index contributed by atoms with van der Waals surface area (Å²) < 4.78 is 5.04. The van der Waals surface area contributed by atoms with Crippen molar-refractivity contribution in [2.45, 2.75) is 32.2 Å². The van der Waals surface area contributed by atoms with E-state index in [9.17, 15) is 9.59 Å². The van der Waals surface area contributed by atoms with Crippen LogP contribution in [-0.4, -0.2) is 24.5 Å². The highest BCUT2D eigenvalue weighted by atomic mass is 16.5. The number of amides is 1. The zero-order valence-electron chi connectivity index (χ0n) is 10.9. The first-order valence-corrected chi connectivity index (χ1v) is 6.39. The Morgan fingerprint density at radius 1 is 1.42 bits per heavy atom. The molecule has 0 heterocycles. The molecule has 5 heteroatoms. The summed E-state index contributed by atoms with van der Waals surface area (Å²) in [6.45, 7) is 1.96. The van der Waals surface area contributed by atoms with E-state index in [4.69, 9.17) is 10.5 Å². The van der Waals surface area contributed by atoms with Crippen molar-refractivity contribution in [1.82, 2.24) is 5.32 Å². The lowest BCUT2D eigenvalue weighted by atomic mass is 10.1. The number of hydrogen-bond acceptors (Lipinski definition) is 4. The van der Waals surface area contributed by atoms with Crippen molar-refractivity contribution in [2.75, 3.05) is 12.3 Å². The summed E-state index contributed by atoms with van der Waals surface area (Å²) in [5, 5.41) is 2.83. The Balaban J connectivity index is 1.76. The maximum absolute atomic E-state index is 11.7. The fourth-order valence-electron chi connectivity index (χ4n) is 1.61. The van der Waals surface area contributed by atoms with Gasteiger partial charge in [-0.05, 0) is 37.5 Å². The molecular weight excluding hydrogens is 244 g/mol. The van der Waals surface area contributed by atoms with E-state index in [2.05, 4.69) is 5.32 Å². The topological polar surface area (TPSA) is 81.4 Å². The number of aryl methyl sites for hydroxylation is 1. The number of esters is 1. The molecule has 1 saturated carbocycles. The van der Waals surface area contributed by atoms with Gasteiger partial charge in [0.1, 0.15) is 6.61 Å². The van der Waals surface area contributed by atoms with E-state index in [1.54, 1.807) is 18.2 Å². The van der Waals surface area contributed by atoms with Crippen LogP contribution >= 0.6 is 0 Å². The van der Waals surface area contributed by atoms with Crippen LogP contribution in [0.1, 0.15) is 35.2 Å². The molecule has 1 amide bonds. The SMILES string of the molecule is Cc1ccc(C(=O)OCCC(=O)NC2CC2)cc1N. The number of nitrogen functional groups attached to an aromatic ring is 1. The highest BCUT2D eigenvalue weighted by Gasteiger charge is 2.23. The molecule has 1 aromatic rings. The molecule has 0 bridgehead atoms. The third-order valence-electron chi connectivity index (χ3n) is 3.02. The number of benzene rings is 1. The van der Waals surface area contributed by atoms with Crippen LogP contribution in [0.2, 0.25) is 0 Å². The second kappa shape index (κ2) is 5.73. The molecule has 1 fully saturated rings. The van der Waals surface area contributed by atoms with Crippen molar-refractivity contribution in [3.8, 4) is 0 Å². The number of ether oxygens (including phenoxy) is 1. The minimum absolute atomic E-state index is 0.0706. The first kappa shape index (κ1) is 13.4. The number of rotatable bonds is 5. The molecule has 0 radical (unpaired) electrons. The average molecular weight is 262 g/mol. The second-order valence-electron chi connectivity index (χ2n) is 4.80. The monoisotopic (exact) mass is 262 g/mol. The number of carbonyl (C=O) groups is 2. The van der Waals surface area contributed by atoms with Crippen molar-refractivity contribution >= 4 is 17.6 Å². The summed E-state index contributed by atoms with van der Waals surface area (Å²) in [5.41, 5.74) is 7.61. The third kappa shape index (κ3) is 3.98. The summed E-state index contributed by atoms with van der Waals surface area (Å²) >= 11 is 0. The lowest BCUT2D eigenvalue weighted by molar-refractivity contribution is -0.121. The fraction of sp³-hybridized carbons (Fsp3) is 0.429. The van der Waals surface area contributed by atoms with E-state index in [0.717, 1.165) is 18.4 Å². The van der Waals surface area contributed by atoms with Gasteiger partial charge in [-0.1, -0.05) is 6.07 Å². The van der Waals surface area contributed by atoms with Crippen molar-refractivity contribution in [2.24, 2.45) is 0 Å². The maximum atomic E-state index is 11.7. The van der Waals surface area contributed by atoms with E-state index in [0.29, 0.717) is 17.3 Å². The molecule has 5 nitrogen and oxygen atoms in total. The van der Waals surface area contributed by atoms with Crippen molar-refractivity contribution in [3.05, 3.63) is 29.3 Å². The summed E-state index contributed by atoms with van der Waals surface area (Å²) in [6, 6.07) is 5.35. The van der Waals surface area contributed by atoms with Crippen LogP contribution in [0, 0.1) is 6.92 Å². The molecule has 0 atom stereocenters. The number of anilines is 1. The summed E-state index contributed by atoms with van der Waals surface area (Å²) in [6.07, 6.45) is 2.30. The van der Waals surface area contributed by atoms with Crippen LogP contribution in [0.3, 0.4) is 0 Å². The minimum Gasteiger partial charge on any atom is -0.462 e. The minimum atomic E-state index is -0.453. The van der Waals surface area contributed by atoms with E-state index in [-0.39, 0.29) is 18.9 Å². The lowest BCUT2D eigenvalue weighted by Gasteiger charge is -2.07. The molecular formula is C14H18N2O3. The summed E-state index contributed by atoms with van der Waals surface area (Å²) in [7, 11) is 0. The smallest absolute Gasteiger partial charge is 0.338 e. The van der Waals surface area contributed by atoms with Gasteiger partial charge in [0.25, 0.3) is 0 Å². The van der Waals surface area contributed by atoms with Crippen LogP contribution in [0.25, 0.3) is 0 Å². The van der Waals surface area contributed by atoms with Crippen LogP contribution in [0.15, 0.2) is 18.2 Å². The van der Waals surface area contributed by atoms with Crippen LogP contribution in [0.4, 0.5) is 5.69 Å². The van der Waals surface area contributed by atoms with E-state index in [1.807, 2.05) is 6.92 Å². The third-order valence-corrected chi connectivity index (χ3v) is 3.02. The van der Waals surface area contributed by atoms with E-state index >= 15 is 0 Å². The maximum Gasteiger partial charge on any atom is 0.338 e. The molecule has 0 unspecified atom stereocenters. The molecule has 2 rings (SSSR count). The number of carbonyl (C=O) groups excluding carboxylic acids is 2. The number of hydrogen-bond donors (Lipinski definition) is 2. The molecule has 0 spiro atoms. The average Bonchev–Trinajstić information content (AvgIpc) is 3.16. The predicted molar refractivity (Wildman–Crippen MR) is 71.7 cm³/mol. The first-order valence-electron chi connectivity index (χ1n) is 6.39. The Kier molecular flexibility index (Phi) is 4.04. The van der Waals surface area contributed by atoms with Crippen LogP contribution < -0.4 is 11.1 Å². The predicted octanol–water partition coefficient (Wildman–Crippen LogP) is 1.40. The first-order chi connectivity index (χ1) is 9.06. The summed E-state index contributed by atoms with van der Waals surface area (Å²) in [4.78, 5) is 23.1. The zero-order chi connectivity index (χ0) is 13.8. The molecule has 102 valence electrons. The Labute approximate surface area is 112 Å². The Bertz CT molecular complexity index is 495. The molecule has 0 aromatic heterocycles. The number of nitrogens with two attached hydrogens (primary N) is 1. The van der Waals surface area contributed by atoms with E-state index < -0.39 is 5.97 Å². The highest BCUT2D eigenvalue weighted by Crippen LogP contribution is 2.18. The standard InChI is InChI=1S/C14H18N2O3/c1-9-2-3-10(8-12(9)15)14(18)19-7-6-13(17)16-11-4-5-11/h2-3,8,11H,4-7,15H2,1H3,(H,16,17). The Morgan fingerprint density at radius 3 is 2.79 bits per heavy atom. The normalized spacial score (nSPS) is 13.9. The van der Waals surface area contributed by atoms with Gasteiger partial charge in [-0.3, -0.25) is 4.79 Å². The van der Waals surface area contributed by atoms with Gasteiger partial charge in [0.05, 0.1) is 12.0 Å². The number of nitrogens with one attached hydrogen (secondary N) is 1. The Hall–Kier alpha value is -2.04. The lowest BCUT2D eigenvalue weighted by Crippen LogP contribution is -2.26. The molecule has 1 aromatic carbocycles. The zero-order valence-corrected chi connectivity index (χ0v) is 10.9. The largest absolute Gasteiger partial charge is 0.462 e. The van der Waals surface area contributed by atoms with E-state index in [1.165, 1.54) is 0 Å². The quantitative estimate of drug-likeness (QED) is 0.621. The molecule has 0 aliphatic heterocycles. The fourth-order valence-corrected chi connectivity index (χ4v) is 1.61. The van der Waals surface area contributed by atoms with Gasteiger partial charge < -0.3 is 15.8 Å². The molecule has 3 N–H and O–H groups in total. The molecule has 19 heavy (non-hydrogen) atoms. The van der Waals surface area contributed by atoms with Gasteiger partial charge in [0, 0.05) is 11.7 Å². The van der Waals surface area contributed by atoms with Crippen molar-refractivity contribution in [3.63, 3.8) is 0 Å². The Morgan fingerprint density at radius 2 is 2.16 bits per heavy atom. The van der Waals surface area contributed by atoms with Crippen LogP contribution in [-0.2, 0) is 9.53 Å². The van der Waals surface area contributed by atoms with Gasteiger partial charge in [0.15, 0.2) is 0 Å². The van der Waals surface area contributed by atoms with Gasteiger partial charge in [-0.15, -0.1) is 0 Å². The van der Waals surface area contributed by atoms with Gasteiger partial charge in [0.2, 0.25) is 5.91 Å². The van der Waals surface area contributed by atoms with Crippen molar-refractivity contribution < 1.29 is 14.3 Å². The molecule has 1 aliphatic rings. The van der Waals surface area contributed by atoms with Crippen molar-refractivity contribution in [1.29, 1.82) is 0 Å². The van der Waals surface area contributed by atoms with Crippen LogP contribution in [0.5, 0.6) is 0 Å². The summed E-state index contributed by atoms with van der Waals surface area (Å²) in [5.74, 6) is -0.523. The van der Waals surface area contributed by atoms with Gasteiger partial charge in [-0.25, -0.2) is 4.79 Å².